The number of ether oxygens (including phenoxy) is 1. The fourth-order valence-corrected chi connectivity index (χ4v) is 2.62. The van der Waals surface area contributed by atoms with Crippen molar-refractivity contribution in [2.75, 3.05) is 11.9 Å². The lowest BCUT2D eigenvalue weighted by Crippen LogP contribution is -2.43. The molecule has 1 saturated heterocycles. The molecule has 9 heteroatoms. The lowest BCUT2D eigenvalue weighted by atomic mass is 10.0. The Hall–Kier alpha value is -1.52. The zero-order valence-corrected chi connectivity index (χ0v) is 10.8. The van der Waals surface area contributed by atoms with E-state index in [0.29, 0.717) is 11.5 Å². The normalized spacial score (nSPS) is 39.6. The van der Waals surface area contributed by atoms with Gasteiger partial charge in [0.25, 0.3) is 0 Å². The highest BCUT2D eigenvalue weighted by Crippen LogP contribution is 2.39. The summed E-state index contributed by atoms with van der Waals surface area (Å²) in [5.41, 5.74) is 5.07. The summed E-state index contributed by atoms with van der Waals surface area (Å²) in [7, 11) is 0. The maximum Gasteiger partial charge on any atom is 0.173 e. The number of aliphatic hydroxyl groups excluding tert-OH is 3. The standard InChI is InChI=1S/C11H17N5O4/c1-11(8(19)7(18)5(2-17)20-11)16-4-15-6-9(12)13-3-14-10(6)16/h3-5,7-9,17-19H,2,12H2,1H3,(H,13,14)/t5-,7+,8?,9?,11-/m1/s1. The predicted molar refractivity (Wildman–Crippen MR) is 68.9 cm³/mol. The SMILES string of the molecule is C[C@@]1(n2cnc3c2NC=NC3N)O[C@H](CO)[C@H](O)C1O. The molecule has 3 rings (SSSR count). The van der Waals surface area contributed by atoms with Gasteiger partial charge in [-0.1, -0.05) is 0 Å². The smallest absolute Gasteiger partial charge is 0.173 e. The van der Waals surface area contributed by atoms with Crippen molar-refractivity contribution in [1.82, 2.24) is 9.55 Å². The maximum absolute atomic E-state index is 10.2. The quantitative estimate of drug-likeness (QED) is 0.426. The van der Waals surface area contributed by atoms with Crippen molar-refractivity contribution in [1.29, 1.82) is 0 Å². The molecule has 0 aromatic carbocycles. The molecule has 1 aromatic rings. The topological polar surface area (TPSA) is 138 Å². The molecule has 1 aromatic heterocycles. The highest BCUT2D eigenvalue weighted by atomic mass is 16.6. The molecule has 9 nitrogen and oxygen atoms in total. The summed E-state index contributed by atoms with van der Waals surface area (Å²) in [4.78, 5) is 8.14. The Kier molecular flexibility index (Phi) is 3.03. The summed E-state index contributed by atoms with van der Waals surface area (Å²) in [5.74, 6) is 0.542. The van der Waals surface area contributed by atoms with E-state index in [4.69, 9.17) is 10.5 Å². The molecular weight excluding hydrogens is 266 g/mol. The van der Waals surface area contributed by atoms with Crippen molar-refractivity contribution >= 4 is 12.2 Å². The Morgan fingerprint density at radius 2 is 2.30 bits per heavy atom. The Labute approximate surface area is 114 Å². The number of rotatable bonds is 2. The van der Waals surface area contributed by atoms with Gasteiger partial charge >= 0.3 is 0 Å². The molecule has 0 saturated carbocycles. The van der Waals surface area contributed by atoms with Crippen LogP contribution in [0.25, 0.3) is 0 Å². The van der Waals surface area contributed by atoms with E-state index in [-0.39, 0.29) is 6.61 Å². The van der Waals surface area contributed by atoms with E-state index in [9.17, 15) is 15.3 Å². The first kappa shape index (κ1) is 13.5. The zero-order valence-electron chi connectivity index (χ0n) is 10.8. The third kappa shape index (κ3) is 1.68. The van der Waals surface area contributed by atoms with Gasteiger partial charge in [-0.25, -0.2) is 4.98 Å². The second kappa shape index (κ2) is 4.50. The minimum atomic E-state index is -1.26. The number of imidazole rings is 1. The minimum Gasteiger partial charge on any atom is -0.394 e. The van der Waals surface area contributed by atoms with Crippen LogP contribution in [-0.4, -0.2) is 56.1 Å². The molecule has 5 atom stereocenters. The van der Waals surface area contributed by atoms with E-state index in [1.165, 1.54) is 12.7 Å². The van der Waals surface area contributed by atoms with Crippen LogP contribution >= 0.6 is 0 Å². The highest BCUT2D eigenvalue weighted by molar-refractivity contribution is 5.78. The van der Waals surface area contributed by atoms with Gasteiger partial charge in [-0.05, 0) is 6.92 Å². The number of hydrogen-bond donors (Lipinski definition) is 5. The third-order valence-electron chi connectivity index (χ3n) is 3.81. The Balaban J connectivity index is 2.02. The van der Waals surface area contributed by atoms with Crippen LogP contribution in [0.5, 0.6) is 0 Å². The fourth-order valence-electron chi connectivity index (χ4n) is 2.62. The van der Waals surface area contributed by atoms with Gasteiger partial charge in [0.2, 0.25) is 0 Å². The number of fused-ring (bicyclic) bond motifs is 1. The van der Waals surface area contributed by atoms with E-state index in [1.54, 1.807) is 11.5 Å². The van der Waals surface area contributed by atoms with E-state index in [0.717, 1.165) is 0 Å². The second-order valence-corrected chi connectivity index (χ2v) is 5.04. The molecular formula is C11H17N5O4. The van der Waals surface area contributed by atoms with E-state index >= 15 is 0 Å². The van der Waals surface area contributed by atoms with Crippen molar-refractivity contribution in [3.05, 3.63) is 12.0 Å². The molecule has 6 N–H and O–H groups in total. The van der Waals surface area contributed by atoms with Crippen molar-refractivity contribution < 1.29 is 20.1 Å². The molecule has 2 unspecified atom stereocenters. The van der Waals surface area contributed by atoms with Crippen LogP contribution < -0.4 is 11.1 Å². The van der Waals surface area contributed by atoms with Crippen LogP contribution in [0.15, 0.2) is 11.3 Å². The molecule has 2 aliphatic rings. The average Bonchev–Trinajstić information content (AvgIpc) is 2.96. The summed E-state index contributed by atoms with van der Waals surface area (Å²) < 4.78 is 7.17. The van der Waals surface area contributed by atoms with Gasteiger partial charge in [-0.15, -0.1) is 0 Å². The van der Waals surface area contributed by atoms with Crippen LogP contribution in [0.3, 0.4) is 0 Å². The summed E-state index contributed by atoms with van der Waals surface area (Å²) in [5, 5.41) is 32.2. The molecule has 2 aliphatic heterocycles. The molecule has 0 radical (unpaired) electrons. The van der Waals surface area contributed by atoms with Gasteiger partial charge in [0.05, 0.1) is 19.3 Å². The number of hydrogen-bond acceptors (Lipinski definition) is 8. The molecule has 3 heterocycles. The van der Waals surface area contributed by atoms with Gasteiger partial charge in [-0.3, -0.25) is 9.56 Å². The number of aliphatic hydroxyl groups is 3. The third-order valence-corrected chi connectivity index (χ3v) is 3.81. The Bertz CT molecular complexity index is 547. The maximum atomic E-state index is 10.2. The molecule has 0 spiro atoms. The lowest BCUT2D eigenvalue weighted by molar-refractivity contribution is -0.133. The van der Waals surface area contributed by atoms with Crippen molar-refractivity contribution in [3.8, 4) is 0 Å². The summed E-state index contributed by atoms with van der Waals surface area (Å²) in [6.07, 6.45) is -0.950. The predicted octanol–water partition coefficient (Wildman–Crippen LogP) is -1.92. The number of nitrogens with one attached hydrogen (secondary N) is 1. The van der Waals surface area contributed by atoms with Crippen molar-refractivity contribution in [2.45, 2.75) is 37.1 Å². The van der Waals surface area contributed by atoms with Crippen LogP contribution in [0.1, 0.15) is 18.8 Å². The number of nitrogens with two attached hydrogens (primary N) is 1. The molecule has 1 fully saturated rings. The number of aliphatic imine (C=N–C) groups is 1. The monoisotopic (exact) mass is 283 g/mol. The summed E-state index contributed by atoms with van der Waals surface area (Å²) in [6.45, 7) is 1.22. The number of nitrogens with zero attached hydrogens (tertiary/aromatic N) is 3. The van der Waals surface area contributed by atoms with Gasteiger partial charge in [0.1, 0.15) is 36.0 Å². The Morgan fingerprint density at radius 1 is 1.55 bits per heavy atom. The van der Waals surface area contributed by atoms with E-state index in [1.807, 2.05) is 0 Å². The summed E-state index contributed by atoms with van der Waals surface area (Å²) >= 11 is 0. The molecule has 0 aliphatic carbocycles. The number of anilines is 1. The van der Waals surface area contributed by atoms with Crippen LogP contribution in [0.2, 0.25) is 0 Å². The molecule has 0 amide bonds. The summed E-state index contributed by atoms with van der Waals surface area (Å²) in [6, 6.07) is 0. The van der Waals surface area contributed by atoms with E-state index < -0.39 is 30.2 Å². The van der Waals surface area contributed by atoms with Crippen molar-refractivity contribution in [3.63, 3.8) is 0 Å². The first-order valence-electron chi connectivity index (χ1n) is 6.25. The van der Waals surface area contributed by atoms with Gasteiger partial charge in [0, 0.05) is 0 Å². The lowest BCUT2D eigenvalue weighted by Gasteiger charge is -2.31. The molecule has 110 valence electrons. The average molecular weight is 283 g/mol. The first-order chi connectivity index (χ1) is 9.49. The van der Waals surface area contributed by atoms with Crippen LogP contribution in [0, 0.1) is 0 Å². The van der Waals surface area contributed by atoms with E-state index in [2.05, 4.69) is 15.3 Å². The minimum absolute atomic E-state index is 0.390. The number of aromatic nitrogens is 2. The largest absolute Gasteiger partial charge is 0.394 e. The molecule has 0 bridgehead atoms. The van der Waals surface area contributed by atoms with Gasteiger partial charge in [-0.2, -0.15) is 0 Å². The van der Waals surface area contributed by atoms with Gasteiger partial charge in [0.15, 0.2) is 5.72 Å². The Morgan fingerprint density at radius 3 is 2.95 bits per heavy atom. The van der Waals surface area contributed by atoms with Gasteiger partial charge < -0.3 is 31.1 Å². The first-order valence-corrected chi connectivity index (χ1v) is 6.25. The van der Waals surface area contributed by atoms with Crippen LogP contribution in [-0.2, 0) is 10.5 Å². The molecule has 20 heavy (non-hydrogen) atoms. The van der Waals surface area contributed by atoms with Crippen molar-refractivity contribution in [2.24, 2.45) is 10.7 Å². The highest BCUT2D eigenvalue weighted by Gasteiger charge is 2.53. The fraction of sp³-hybridized carbons (Fsp3) is 0.636. The second-order valence-electron chi connectivity index (χ2n) is 5.04. The van der Waals surface area contributed by atoms with Crippen LogP contribution in [0.4, 0.5) is 5.82 Å². The zero-order chi connectivity index (χ0) is 14.5.